The summed E-state index contributed by atoms with van der Waals surface area (Å²) in [4.78, 5) is 23.5. The fraction of sp³-hybridized carbons (Fsp3) is 0.385. The molecule has 1 aromatic heterocycles. The number of aromatic nitrogens is 2. The quantitative estimate of drug-likeness (QED) is 0.749. The predicted octanol–water partition coefficient (Wildman–Crippen LogP) is 1.43. The molecule has 0 aliphatic heterocycles. The normalized spacial score (nSPS) is 22.7. The lowest BCUT2D eigenvalue weighted by molar-refractivity contribution is 0.309. The maximum Gasteiger partial charge on any atom is 0.272 e. The number of anilines is 1. The molecule has 1 saturated carbocycles. The van der Waals surface area contributed by atoms with Gasteiger partial charge in [0.2, 0.25) is 0 Å². The van der Waals surface area contributed by atoms with Gasteiger partial charge in [0.15, 0.2) is 0 Å². The summed E-state index contributed by atoms with van der Waals surface area (Å²) in [5.74, 6) is 0.735. The Labute approximate surface area is 103 Å². The van der Waals surface area contributed by atoms with E-state index in [0.717, 1.165) is 24.4 Å². The van der Waals surface area contributed by atoms with E-state index in [1.165, 1.54) is 0 Å². The lowest BCUT2D eigenvalue weighted by atomic mass is 9.82. The molecule has 0 unspecified atom stereocenters. The summed E-state index contributed by atoms with van der Waals surface area (Å²) in [6.45, 7) is 2.21. The molecule has 0 atom stereocenters. The van der Waals surface area contributed by atoms with Gasteiger partial charge in [-0.3, -0.25) is 19.8 Å². The van der Waals surface area contributed by atoms with E-state index in [4.69, 9.17) is 0 Å². The molecule has 1 aliphatic rings. The molecule has 1 fully saturated rings. The van der Waals surface area contributed by atoms with Crippen LogP contribution >= 0.6 is 0 Å². The first kappa shape index (κ1) is 11.1. The van der Waals surface area contributed by atoms with Crippen molar-refractivity contribution >= 4 is 16.5 Å². The Morgan fingerprint density at radius 1 is 1.17 bits per heavy atom. The van der Waals surface area contributed by atoms with E-state index in [9.17, 15) is 9.59 Å². The first-order valence-electron chi connectivity index (χ1n) is 6.15. The molecular formula is C13H15N3O2. The molecule has 1 aromatic carbocycles. The van der Waals surface area contributed by atoms with Crippen LogP contribution in [0.15, 0.2) is 27.8 Å². The standard InChI is InChI=1S/C13H15N3O2/c1-7-5-8(6-7)14-10-4-2-3-9-11(10)13(18)16-15-12(9)17/h2-4,7-8,14H,5-6H2,1H3,(H,15,17)(H,16,18). The van der Waals surface area contributed by atoms with E-state index in [1.54, 1.807) is 12.1 Å². The second-order valence-electron chi connectivity index (χ2n) is 5.05. The lowest BCUT2D eigenvalue weighted by Crippen LogP contribution is -2.34. The summed E-state index contributed by atoms with van der Waals surface area (Å²) in [5.41, 5.74) is 0.215. The van der Waals surface area contributed by atoms with Gasteiger partial charge in [-0.25, -0.2) is 0 Å². The summed E-state index contributed by atoms with van der Waals surface area (Å²) >= 11 is 0. The smallest absolute Gasteiger partial charge is 0.272 e. The minimum atomic E-state index is -0.268. The summed E-state index contributed by atoms with van der Waals surface area (Å²) < 4.78 is 0. The Bertz CT molecular complexity index is 695. The fourth-order valence-corrected chi connectivity index (χ4v) is 2.59. The molecule has 0 radical (unpaired) electrons. The van der Waals surface area contributed by atoms with E-state index < -0.39 is 0 Å². The number of hydrogen-bond donors (Lipinski definition) is 3. The van der Waals surface area contributed by atoms with Crippen molar-refractivity contribution in [2.45, 2.75) is 25.8 Å². The topological polar surface area (TPSA) is 77.8 Å². The van der Waals surface area contributed by atoms with Crippen molar-refractivity contribution in [3.8, 4) is 0 Å². The lowest BCUT2D eigenvalue weighted by Gasteiger charge is -2.34. The molecule has 3 N–H and O–H groups in total. The second kappa shape index (κ2) is 4.01. The third-order valence-corrected chi connectivity index (χ3v) is 3.56. The zero-order valence-electron chi connectivity index (χ0n) is 10.1. The van der Waals surface area contributed by atoms with Gasteiger partial charge in [0.25, 0.3) is 11.1 Å². The van der Waals surface area contributed by atoms with Crippen LogP contribution in [-0.4, -0.2) is 16.2 Å². The largest absolute Gasteiger partial charge is 0.382 e. The monoisotopic (exact) mass is 245 g/mol. The van der Waals surface area contributed by atoms with Gasteiger partial charge in [0.05, 0.1) is 10.8 Å². The highest BCUT2D eigenvalue weighted by molar-refractivity contribution is 5.92. The summed E-state index contributed by atoms with van der Waals surface area (Å²) in [6.07, 6.45) is 2.22. The fourth-order valence-electron chi connectivity index (χ4n) is 2.59. The third-order valence-electron chi connectivity index (χ3n) is 3.56. The molecule has 0 bridgehead atoms. The zero-order valence-corrected chi connectivity index (χ0v) is 10.1. The van der Waals surface area contributed by atoms with Crippen molar-refractivity contribution in [1.82, 2.24) is 10.2 Å². The first-order chi connectivity index (χ1) is 8.65. The van der Waals surface area contributed by atoms with Crippen LogP contribution in [0, 0.1) is 5.92 Å². The highest BCUT2D eigenvalue weighted by atomic mass is 16.1. The second-order valence-corrected chi connectivity index (χ2v) is 5.05. The van der Waals surface area contributed by atoms with Gasteiger partial charge < -0.3 is 5.32 Å². The van der Waals surface area contributed by atoms with Gasteiger partial charge in [0, 0.05) is 11.7 Å². The molecule has 0 saturated heterocycles. The zero-order chi connectivity index (χ0) is 12.7. The molecule has 94 valence electrons. The van der Waals surface area contributed by atoms with Crippen molar-refractivity contribution in [2.75, 3.05) is 5.32 Å². The van der Waals surface area contributed by atoms with Gasteiger partial charge in [0.1, 0.15) is 0 Å². The SMILES string of the molecule is CC1CC(Nc2cccc3c(=O)[nH][nH]c(=O)c23)C1. The maximum atomic E-state index is 11.8. The molecule has 3 rings (SSSR count). The summed E-state index contributed by atoms with van der Waals surface area (Å²) in [6, 6.07) is 5.71. The molecule has 5 nitrogen and oxygen atoms in total. The highest BCUT2D eigenvalue weighted by Crippen LogP contribution is 2.30. The average molecular weight is 245 g/mol. The van der Waals surface area contributed by atoms with E-state index in [1.807, 2.05) is 6.07 Å². The Morgan fingerprint density at radius 3 is 2.61 bits per heavy atom. The van der Waals surface area contributed by atoms with Gasteiger partial charge >= 0.3 is 0 Å². The summed E-state index contributed by atoms with van der Waals surface area (Å²) in [7, 11) is 0. The number of benzene rings is 1. The van der Waals surface area contributed by atoms with Crippen molar-refractivity contribution < 1.29 is 0 Å². The number of fused-ring (bicyclic) bond motifs is 1. The molecule has 1 heterocycles. The van der Waals surface area contributed by atoms with Crippen LogP contribution in [0.5, 0.6) is 0 Å². The van der Waals surface area contributed by atoms with Crippen LogP contribution in [0.2, 0.25) is 0 Å². The van der Waals surface area contributed by atoms with Gasteiger partial charge in [-0.15, -0.1) is 0 Å². The third kappa shape index (κ3) is 1.72. The Kier molecular flexibility index (Phi) is 2.47. The minimum absolute atomic E-state index is 0.264. The van der Waals surface area contributed by atoms with E-state index >= 15 is 0 Å². The van der Waals surface area contributed by atoms with Crippen LogP contribution in [0.1, 0.15) is 19.8 Å². The predicted molar refractivity (Wildman–Crippen MR) is 71.0 cm³/mol. The van der Waals surface area contributed by atoms with Gasteiger partial charge in [-0.1, -0.05) is 13.0 Å². The molecule has 5 heteroatoms. The molecule has 1 aliphatic carbocycles. The average Bonchev–Trinajstić information content (AvgIpc) is 2.32. The number of H-pyrrole nitrogens is 2. The number of rotatable bonds is 2. The first-order valence-corrected chi connectivity index (χ1v) is 6.15. The van der Waals surface area contributed by atoms with Crippen LogP contribution in [-0.2, 0) is 0 Å². The highest BCUT2D eigenvalue weighted by Gasteiger charge is 2.25. The Morgan fingerprint density at radius 2 is 1.89 bits per heavy atom. The van der Waals surface area contributed by atoms with Crippen molar-refractivity contribution in [1.29, 1.82) is 0 Å². The van der Waals surface area contributed by atoms with Crippen LogP contribution in [0.25, 0.3) is 10.8 Å². The number of aromatic amines is 2. The van der Waals surface area contributed by atoms with Gasteiger partial charge in [-0.2, -0.15) is 0 Å². The molecule has 0 spiro atoms. The van der Waals surface area contributed by atoms with Crippen LogP contribution in [0.4, 0.5) is 5.69 Å². The van der Waals surface area contributed by atoms with E-state index in [0.29, 0.717) is 16.8 Å². The molecule has 18 heavy (non-hydrogen) atoms. The number of hydrogen-bond acceptors (Lipinski definition) is 3. The van der Waals surface area contributed by atoms with Crippen LogP contribution in [0.3, 0.4) is 0 Å². The van der Waals surface area contributed by atoms with E-state index in [-0.39, 0.29) is 11.1 Å². The van der Waals surface area contributed by atoms with Crippen LogP contribution < -0.4 is 16.4 Å². The van der Waals surface area contributed by atoms with Crippen molar-refractivity contribution in [2.24, 2.45) is 5.92 Å². The maximum absolute atomic E-state index is 11.8. The van der Waals surface area contributed by atoms with Gasteiger partial charge in [-0.05, 0) is 30.9 Å². The van der Waals surface area contributed by atoms with Crippen molar-refractivity contribution in [3.05, 3.63) is 38.9 Å². The van der Waals surface area contributed by atoms with E-state index in [2.05, 4.69) is 22.4 Å². The van der Waals surface area contributed by atoms with Crippen molar-refractivity contribution in [3.63, 3.8) is 0 Å². The molecule has 2 aromatic rings. The minimum Gasteiger partial charge on any atom is -0.382 e. The Balaban J connectivity index is 2.09. The molecule has 0 amide bonds. The Hall–Kier alpha value is -2.04. The number of nitrogens with one attached hydrogen (secondary N) is 3. The molecular weight excluding hydrogens is 230 g/mol. The summed E-state index contributed by atoms with van der Waals surface area (Å²) in [5, 5.41) is 8.92.